The van der Waals surface area contributed by atoms with Crippen molar-refractivity contribution in [3.8, 4) is 0 Å². The van der Waals surface area contributed by atoms with Crippen LogP contribution in [0.25, 0.3) is 0 Å². The van der Waals surface area contributed by atoms with Gasteiger partial charge in [0.25, 0.3) is 0 Å². The summed E-state index contributed by atoms with van der Waals surface area (Å²) in [6, 6.07) is 0. The third-order valence-corrected chi connectivity index (χ3v) is 9.58. The molecule has 7 nitrogen and oxygen atoms in total. The van der Waals surface area contributed by atoms with Gasteiger partial charge < -0.3 is 19.3 Å². The average Bonchev–Trinajstić information content (AvgIpc) is 3.02. The lowest BCUT2D eigenvalue weighted by Gasteiger charge is -2.63. The molecule has 4 aliphatic carbocycles. The summed E-state index contributed by atoms with van der Waals surface area (Å²) in [6.45, 7) is 9.04. The summed E-state index contributed by atoms with van der Waals surface area (Å²) < 4.78 is 17.0. The molecule has 7 atom stereocenters. The Kier molecular flexibility index (Phi) is 5.07. The molecule has 1 heterocycles. The summed E-state index contributed by atoms with van der Waals surface area (Å²) in [7, 11) is 0. The Bertz CT molecular complexity index is 927. The minimum atomic E-state index is -1.25. The molecule has 1 aliphatic heterocycles. The number of hydrogen-bond acceptors (Lipinski definition) is 7. The standard InChI is InChI=1S/C26H36O7/c1-14(27)31-12-20(29)18-9-8-17-16-7-6-15-10-21(30)26(32-23(2,3)33-26)13-25(15,5)22(16)19(28)11-24(17,18)4/h10,16-19,22,28H,6-9,11-13H2,1-5H3/t16-,17-,18-,19-,22+,24-,25-/m0/s1. The van der Waals surface area contributed by atoms with Crippen LogP contribution in [0.15, 0.2) is 11.6 Å². The van der Waals surface area contributed by atoms with Crippen molar-refractivity contribution in [2.75, 3.05) is 6.61 Å². The molecular formula is C26H36O7. The fourth-order valence-corrected chi connectivity index (χ4v) is 8.56. The summed E-state index contributed by atoms with van der Waals surface area (Å²) in [5, 5.41) is 11.6. The topological polar surface area (TPSA) is 99.1 Å². The smallest absolute Gasteiger partial charge is 0.303 e. The van der Waals surface area contributed by atoms with Gasteiger partial charge in [0.05, 0.1) is 6.10 Å². The van der Waals surface area contributed by atoms with Crippen molar-refractivity contribution in [3.05, 3.63) is 11.6 Å². The molecule has 5 aliphatic rings. The van der Waals surface area contributed by atoms with Gasteiger partial charge in [-0.15, -0.1) is 0 Å². The summed E-state index contributed by atoms with van der Waals surface area (Å²) in [5.41, 5.74) is 0.385. The van der Waals surface area contributed by atoms with Gasteiger partial charge in [-0.3, -0.25) is 14.4 Å². The van der Waals surface area contributed by atoms with Crippen LogP contribution in [0.2, 0.25) is 0 Å². The number of carbonyl (C=O) groups is 3. The molecule has 7 heteroatoms. The third-order valence-electron chi connectivity index (χ3n) is 9.58. The van der Waals surface area contributed by atoms with Gasteiger partial charge >= 0.3 is 5.97 Å². The molecule has 182 valence electrons. The average molecular weight is 461 g/mol. The van der Waals surface area contributed by atoms with Crippen LogP contribution in [0, 0.1) is 34.5 Å². The number of ether oxygens (including phenoxy) is 3. The monoisotopic (exact) mass is 460 g/mol. The number of allylic oxidation sites excluding steroid dienone is 1. The molecule has 1 saturated heterocycles. The van der Waals surface area contributed by atoms with Crippen LogP contribution in [0.5, 0.6) is 0 Å². The van der Waals surface area contributed by atoms with Crippen molar-refractivity contribution >= 4 is 17.5 Å². The van der Waals surface area contributed by atoms with Crippen molar-refractivity contribution < 1.29 is 33.7 Å². The number of aliphatic hydroxyl groups excluding tert-OH is 1. The van der Waals surface area contributed by atoms with E-state index < -0.39 is 29.1 Å². The largest absolute Gasteiger partial charge is 0.458 e. The fraction of sp³-hybridized carbons (Fsp3) is 0.808. The second-order valence-corrected chi connectivity index (χ2v) is 12.0. The van der Waals surface area contributed by atoms with Crippen molar-refractivity contribution in [3.63, 3.8) is 0 Å². The van der Waals surface area contributed by atoms with Crippen LogP contribution in [-0.4, -0.2) is 46.9 Å². The summed E-state index contributed by atoms with van der Waals surface area (Å²) in [5.74, 6) is -2.30. The molecule has 0 bridgehead atoms. The van der Waals surface area contributed by atoms with E-state index in [1.807, 2.05) is 13.8 Å². The van der Waals surface area contributed by atoms with Gasteiger partial charge in [0, 0.05) is 19.3 Å². The zero-order chi connectivity index (χ0) is 24.0. The Balaban J connectivity index is 1.43. The van der Waals surface area contributed by atoms with Crippen molar-refractivity contribution in [1.29, 1.82) is 0 Å². The van der Waals surface area contributed by atoms with E-state index in [0.717, 1.165) is 31.3 Å². The second kappa shape index (κ2) is 7.22. The van der Waals surface area contributed by atoms with Gasteiger partial charge in [-0.05, 0) is 80.6 Å². The van der Waals surface area contributed by atoms with E-state index in [4.69, 9.17) is 14.2 Å². The normalized spacial score (nSPS) is 44.7. The van der Waals surface area contributed by atoms with Gasteiger partial charge in [-0.25, -0.2) is 0 Å². The molecule has 33 heavy (non-hydrogen) atoms. The van der Waals surface area contributed by atoms with E-state index in [9.17, 15) is 19.5 Å². The lowest BCUT2D eigenvalue weighted by molar-refractivity contribution is -0.482. The van der Waals surface area contributed by atoms with Crippen LogP contribution in [0.3, 0.4) is 0 Å². The zero-order valence-corrected chi connectivity index (χ0v) is 20.3. The Morgan fingerprint density at radius 1 is 1.15 bits per heavy atom. The number of Topliss-reactive ketones (excluding diaryl/α,β-unsaturated/α-hetero) is 1. The van der Waals surface area contributed by atoms with Crippen LogP contribution in [-0.2, 0) is 28.6 Å². The molecule has 0 amide bonds. The Morgan fingerprint density at radius 3 is 2.48 bits per heavy atom. The lowest BCUT2D eigenvalue weighted by Crippen LogP contribution is -2.68. The number of rotatable bonds is 3. The minimum Gasteiger partial charge on any atom is -0.458 e. The van der Waals surface area contributed by atoms with E-state index in [-0.39, 0.29) is 41.3 Å². The minimum absolute atomic E-state index is 0.0150. The number of hydrogen-bond donors (Lipinski definition) is 1. The highest BCUT2D eigenvalue weighted by Crippen LogP contribution is 2.68. The SMILES string of the molecule is CC(=O)OCC(=O)[C@@H]1CC[C@H]2[C@@H]3CCC4=CC(=O)C5(C[C@]4(C)[C@H]3[C@@H](O)C[C@]12C)OC(C)(C)O5. The number of aliphatic hydroxyl groups is 1. The highest BCUT2D eigenvalue weighted by molar-refractivity contribution is 5.98. The second-order valence-electron chi connectivity index (χ2n) is 12.0. The Morgan fingerprint density at radius 2 is 1.85 bits per heavy atom. The highest BCUT2D eigenvalue weighted by Gasteiger charge is 2.68. The van der Waals surface area contributed by atoms with Gasteiger partial charge in [-0.1, -0.05) is 19.4 Å². The first-order valence-electron chi connectivity index (χ1n) is 12.3. The molecule has 1 N–H and O–H groups in total. The number of carbonyl (C=O) groups excluding carboxylic acids is 3. The van der Waals surface area contributed by atoms with Gasteiger partial charge in [0.2, 0.25) is 11.6 Å². The molecule has 0 unspecified atom stereocenters. The molecule has 0 radical (unpaired) electrons. The number of esters is 1. The molecule has 3 saturated carbocycles. The predicted molar refractivity (Wildman–Crippen MR) is 118 cm³/mol. The van der Waals surface area contributed by atoms with Crippen molar-refractivity contribution in [2.45, 2.75) is 90.8 Å². The van der Waals surface area contributed by atoms with Gasteiger partial charge in [0.1, 0.15) is 6.61 Å². The molecule has 0 aromatic carbocycles. The summed E-state index contributed by atoms with van der Waals surface area (Å²) in [6.07, 6.45) is 5.49. The predicted octanol–water partition coefficient (Wildman–Crippen LogP) is 3.33. The fourth-order valence-electron chi connectivity index (χ4n) is 8.56. The van der Waals surface area contributed by atoms with Crippen LogP contribution >= 0.6 is 0 Å². The van der Waals surface area contributed by atoms with Crippen LogP contribution < -0.4 is 0 Å². The molecular weight excluding hydrogens is 424 g/mol. The zero-order valence-electron chi connectivity index (χ0n) is 20.3. The number of fused-ring (bicyclic) bond motifs is 5. The molecule has 0 aromatic heterocycles. The first-order valence-corrected chi connectivity index (χ1v) is 12.3. The maximum atomic E-state index is 13.0. The van der Waals surface area contributed by atoms with Crippen molar-refractivity contribution in [1.82, 2.24) is 0 Å². The summed E-state index contributed by atoms with van der Waals surface area (Å²) >= 11 is 0. The molecule has 4 fully saturated rings. The van der Waals surface area contributed by atoms with E-state index in [2.05, 4.69) is 13.8 Å². The summed E-state index contributed by atoms with van der Waals surface area (Å²) in [4.78, 5) is 37.1. The van der Waals surface area contributed by atoms with Crippen LogP contribution in [0.1, 0.15) is 73.1 Å². The first kappa shape index (κ1) is 23.2. The van der Waals surface area contributed by atoms with E-state index in [1.54, 1.807) is 6.08 Å². The maximum absolute atomic E-state index is 13.0. The number of ketones is 2. The molecule has 5 rings (SSSR count). The van der Waals surface area contributed by atoms with Gasteiger partial charge in [0.15, 0.2) is 11.6 Å². The molecule has 0 aromatic rings. The molecule has 1 spiro atoms. The maximum Gasteiger partial charge on any atom is 0.303 e. The third kappa shape index (κ3) is 3.29. The Hall–Kier alpha value is -1.57. The quantitative estimate of drug-likeness (QED) is 0.645. The van der Waals surface area contributed by atoms with E-state index in [0.29, 0.717) is 18.8 Å². The van der Waals surface area contributed by atoms with Crippen LogP contribution in [0.4, 0.5) is 0 Å². The van der Waals surface area contributed by atoms with Crippen molar-refractivity contribution in [2.24, 2.45) is 34.5 Å². The van der Waals surface area contributed by atoms with Gasteiger partial charge in [-0.2, -0.15) is 0 Å². The lowest BCUT2D eigenvalue weighted by atomic mass is 9.45. The van der Waals surface area contributed by atoms with E-state index in [1.165, 1.54) is 6.92 Å². The van der Waals surface area contributed by atoms with E-state index >= 15 is 0 Å². The first-order chi connectivity index (χ1) is 15.3. The Labute approximate surface area is 195 Å². The highest BCUT2D eigenvalue weighted by atomic mass is 16.9.